The van der Waals surface area contributed by atoms with Crippen molar-refractivity contribution in [3.8, 4) is 0 Å². The summed E-state index contributed by atoms with van der Waals surface area (Å²) in [5.74, 6) is 0. The minimum atomic E-state index is -4.18. The van der Waals surface area contributed by atoms with Crippen molar-refractivity contribution in [3.63, 3.8) is 0 Å². The van der Waals surface area contributed by atoms with Crippen molar-refractivity contribution in [3.05, 3.63) is 34.9 Å². The van der Waals surface area contributed by atoms with Gasteiger partial charge in [0.15, 0.2) is 0 Å². The third kappa shape index (κ3) is 4.23. The summed E-state index contributed by atoms with van der Waals surface area (Å²) in [6, 6.07) is 4.83. The molecule has 2 N–H and O–H groups in total. The summed E-state index contributed by atoms with van der Waals surface area (Å²) in [4.78, 5) is 0. The van der Waals surface area contributed by atoms with Crippen LogP contribution in [-0.4, -0.2) is 12.2 Å². The van der Waals surface area contributed by atoms with E-state index >= 15 is 0 Å². The van der Waals surface area contributed by atoms with E-state index in [0.717, 1.165) is 16.7 Å². The van der Waals surface area contributed by atoms with E-state index in [1.165, 1.54) is 0 Å². The zero-order chi connectivity index (χ0) is 12.3. The van der Waals surface area contributed by atoms with Crippen molar-refractivity contribution in [2.45, 2.75) is 38.9 Å². The second-order valence-electron chi connectivity index (χ2n) is 4.21. The van der Waals surface area contributed by atoms with Crippen LogP contribution in [0.4, 0.5) is 13.2 Å². The molecule has 0 radical (unpaired) electrons. The van der Waals surface area contributed by atoms with E-state index in [1.54, 1.807) is 0 Å². The van der Waals surface area contributed by atoms with Crippen LogP contribution in [0.1, 0.15) is 23.1 Å². The Balaban J connectivity index is 2.66. The van der Waals surface area contributed by atoms with Crippen molar-refractivity contribution < 1.29 is 13.2 Å². The molecule has 0 spiro atoms. The van der Waals surface area contributed by atoms with E-state index in [-0.39, 0.29) is 6.42 Å². The van der Waals surface area contributed by atoms with Crippen molar-refractivity contribution in [1.29, 1.82) is 0 Å². The van der Waals surface area contributed by atoms with Gasteiger partial charge in [-0.25, -0.2) is 0 Å². The fourth-order valence-electron chi connectivity index (χ4n) is 1.73. The summed E-state index contributed by atoms with van der Waals surface area (Å²) >= 11 is 0. The maximum absolute atomic E-state index is 12.1. The number of hydrogen-bond donors (Lipinski definition) is 1. The molecule has 0 amide bonds. The largest absolute Gasteiger partial charge is 0.390 e. The highest BCUT2D eigenvalue weighted by Crippen LogP contribution is 2.23. The van der Waals surface area contributed by atoms with Gasteiger partial charge in [0.1, 0.15) is 0 Å². The molecule has 0 fully saturated rings. The smallest absolute Gasteiger partial charge is 0.327 e. The Morgan fingerprint density at radius 2 is 1.88 bits per heavy atom. The van der Waals surface area contributed by atoms with Gasteiger partial charge in [0.25, 0.3) is 0 Å². The van der Waals surface area contributed by atoms with E-state index < -0.39 is 18.6 Å². The lowest BCUT2D eigenvalue weighted by Gasteiger charge is -2.15. The van der Waals surface area contributed by atoms with Gasteiger partial charge in [-0.3, -0.25) is 0 Å². The highest BCUT2D eigenvalue weighted by molar-refractivity contribution is 5.30. The summed E-state index contributed by atoms with van der Waals surface area (Å²) in [5, 5.41) is 0. The van der Waals surface area contributed by atoms with E-state index in [4.69, 9.17) is 5.73 Å². The van der Waals surface area contributed by atoms with Gasteiger partial charge in [0.05, 0.1) is 6.42 Å². The summed E-state index contributed by atoms with van der Waals surface area (Å²) in [6.45, 7) is 3.84. The molecule has 1 rings (SSSR count). The average molecular weight is 231 g/mol. The van der Waals surface area contributed by atoms with E-state index in [9.17, 15) is 13.2 Å². The molecule has 0 bridgehead atoms. The lowest BCUT2D eigenvalue weighted by Crippen LogP contribution is -2.29. The number of nitrogens with two attached hydrogens (primary N) is 1. The first-order chi connectivity index (χ1) is 7.28. The Bertz CT molecular complexity index is 358. The highest BCUT2D eigenvalue weighted by Gasteiger charge is 2.30. The Hall–Kier alpha value is -1.03. The normalized spacial score (nSPS) is 13.9. The molecule has 1 unspecified atom stereocenters. The first-order valence-corrected chi connectivity index (χ1v) is 5.16. The van der Waals surface area contributed by atoms with Gasteiger partial charge < -0.3 is 5.73 Å². The van der Waals surface area contributed by atoms with Gasteiger partial charge in [-0.05, 0) is 31.4 Å². The molecule has 0 heterocycles. The molecule has 0 aliphatic carbocycles. The molecule has 16 heavy (non-hydrogen) atoms. The molecule has 0 aliphatic heterocycles. The second kappa shape index (κ2) is 4.87. The van der Waals surface area contributed by atoms with Gasteiger partial charge in [-0.2, -0.15) is 13.2 Å². The van der Waals surface area contributed by atoms with E-state index in [2.05, 4.69) is 0 Å². The summed E-state index contributed by atoms with van der Waals surface area (Å²) in [7, 11) is 0. The van der Waals surface area contributed by atoms with Gasteiger partial charge in [-0.15, -0.1) is 0 Å². The molecular weight excluding hydrogens is 215 g/mol. The fraction of sp³-hybridized carbons (Fsp3) is 0.500. The van der Waals surface area contributed by atoms with E-state index in [0.29, 0.717) is 0 Å². The molecule has 0 saturated heterocycles. The van der Waals surface area contributed by atoms with Crippen molar-refractivity contribution >= 4 is 0 Å². The van der Waals surface area contributed by atoms with E-state index in [1.807, 2.05) is 32.0 Å². The SMILES string of the molecule is Cc1ccc(CC(N)CC(F)(F)F)c(C)c1. The molecule has 0 saturated carbocycles. The number of hydrogen-bond acceptors (Lipinski definition) is 1. The van der Waals surface area contributed by atoms with Gasteiger partial charge in [0, 0.05) is 6.04 Å². The van der Waals surface area contributed by atoms with Crippen molar-refractivity contribution in [2.24, 2.45) is 5.73 Å². The molecule has 4 heteroatoms. The number of alkyl halides is 3. The third-order valence-electron chi connectivity index (χ3n) is 2.47. The molecule has 0 aliphatic rings. The van der Waals surface area contributed by atoms with Crippen LogP contribution in [0.3, 0.4) is 0 Å². The fourth-order valence-corrected chi connectivity index (χ4v) is 1.73. The van der Waals surface area contributed by atoms with Crippen LogP contribution >= 0.6 is 0 Å². The predicted octanol–water partition coefficient (Wildman–Crippen LogP) is 3.13. The minimum Gasteiger partial charge on any atom is -0.327 e. The predicted molar refractivity (Wildman–Crippen MR) is 58.3 cm³/mol. The van der Waals surface area contributed by atoms with Crippen molar-refractivity contribution in [1.82, 2.24) is 0 Å². The molecule has 90 valence electrons. The lowest BCUT2D eigenvalue weighted by molar-refractivity contribution is -0.138. The zero-order valence-corrected chi connectivity index (χ0v) is 9.43. The van der Waals surface area contributed by atoms with Crippen LogP contribution in [0.5, 0.6) is 0 Å². The zero-order valence-electron chi connectivity index (χ0n) is 9.43. The quantitative estimate of drug-likeness (QED) is 0.849. The molecule has 0 aromatic heterocycles. The molecular formula is C12H16F3N. The Labute approximate surface area is 93.5 Å². The van der Waals surface area contributed by atoms with Crippen LogP contribution in [-0.2, 0) is 6.42 Å². The van der Waals surface area contributed by atoms with Crippen LogP contribution in [0.15, 0.2) is 18.2 Å². The number of aryl methyl sites for hydroxylation is 2. The summed E-state index contributed by atoms with van der Waals surface area (Å²) in [6.07, 6.45) is -4.84. The van der Waals surface area contributed by atoms with Gasteiger partial charge >= 0.3 is 6.18 Å². The monoisotopic (exact) mass is 231 g/mol. The van der Waals surface area contributed by atoms with Crippen LogP contribution < -0.4 is 5.73 Å². The summed E-state index contributed by atoms with van der Waals surface area (Å²) in [5.41, 5.74) is 8.47. The first kappa shape index (κ1) is 13.0. The average Bonchev–Trinajstić information content (AvgIpc) is 2.06. The molecule has 1 aromatic rings. The van der Waals surface area contributed by atoms with Crippen molar-refractivity contribution in [2.75, 3.05) is 0 Å². The Morgan fingerprint density at radius 3 is 2.38 bits per heavy atom. The van der Waals surface area contributed by atoms with Gasteiger partial charge in [-0.1, -0.05) is 23.8 Å². The lowest BCUT2D eigenvalue weighted by atomic mass is 9.98. The van der Waals surface area contributed by atoms with Crippen LogP contribution in [0.25, 0.3) is 0 Å². The number of halogens is 3. The second-order valence-corrected chi connectivity index (χ2v) is 4.21. The first-order valence-electron chi connectivity index (χ1n) is 5.16. The molecule has 1 atom stereocenters. The Morgan fingerprint density at radius 1 is 1.25 bits per heavy atom. The number of benzene rings is 1. The molecule has 1 nitrogen and oxygen atoms in total. The van der Waals surface area contributed by atoms with Crippen LogP contribution in [0, 0.1) is 13.8 Å². The summed E-state index contributed by atoms with van der Waals surface area (Å²) < 4.78 is 36.3. The number of rotatable bonds is 3. The van der Waals surface area contributed by atoms with Gasteiger partial charge in [0.2, 0.25) is 0 Å². The Kier molecular flexibility index (Phi) is 3.97. The third-order valence-corrected chi connectivity index (χ3v) is 2.47. The van der Waals surface area contributed by atoms with Crippen LogP contribution in [0.2, 0.25) is 0 Å². The highest BCUT2D eigenvalue weighted by atomic mass is 19.4. The standard InChI is InChI=1S/C12H16F3N/c1-8-3-4-10(9(2)5-8)6-11(16)7-12(13,14)15/h3-5,11H,6-7,16H2,1-2H3. The molecule has 1 aromatic carbocycles. The topological polar surface area (TPSA) is 26.0 Å². The maximum atomic E-state index is 12.1. The minimum absolute atomic E-state index is 0.269. The maximum Gasteiger partial charge on any atom is 0.390 e.